The Kier molecular flexibility index (Phi) is 5.75. The number of aromatic nitrogens is 1. The van der Waals surface area contributed by atoms with Gasteiger partial charge in [-0.2, -0.15) is 0 Å². The average molecular weight is 344 g/mol. The first-order valence-electron chi connectivity index (χ1n) is 6.73. The van der Waals surface area contributed by atoms with E-state index >= 15 is 0 Å². The first-order valence-corrected chi connectivity index (χ1v) is 8.43. The Morgan fingerprint density at radius 2 is 2.24 bits per heavy atom. The Morgan fingerprint density at radius 1 is 1.43 bits per heavy atom. The fourth-order valence-electron chi connectivity index (χ4n) is 1.89. The lowest BCUT2D eigenvalue weighted by Gasteiger charge is -2.03. The number of halogens is 1. The van der Waals surface area contributed by atoms with Gasteiger partial charge >= 0.3 is 0 Å². The lowest BCUT2D eigenvalue weighted by Crippen LogP contribution is -2.29. The third-order valence-electron chi connectivity index (χ3n) is 3.16. The van der Waals surface area contributed by atoms with E-state index in [0.717, 1.165) is 23.0 Å². The van der Waals surface area contributed by atoms with Crippen LogP contribution in [0.15, 0.2) is 17.5 Å². The van der Waals surface area contributed by atoms with E-state index in [1.807, 2.05) is 5.38 Å². The molecular formula is C14H18ClN3OS2. The molecular weight excluding hydrogens is 326 g/mol. The summed E-state index contributed by atoms with van der Waals surface area (Å²) in [5.41, 5.74) is 0.939. The molecule has 0 radical (unpaired) electrons. The zero-order chi connectivity index (χ0) is 13.9. The van der Waals surface area contributed by atoms with Crippen LogP contribution in [0.2, 0.25) is 0 Å². The van der Waals surface area contributed by atoms with Crippen LogP contribution >= 0.6 is 35.1 Å². The van der Waals surface area contributed by atoms with E-state index in [4.69, 9.17) is 0 Å². The van der Waals surface area contributed by atoms with Gasteiger partial charge in [-0.3, -0.25) is 4.79 Å². The smallest absolute Gasteiger partial charge is 0.240 e. The minimum atomic E-state index is -0.0195. The maximum absolute atomic E-state index is 11.8. The van der Waals surface area contributed by atoms with Crippen LogP contribution in [0.5, 0.6) is 0 Å². The number of carbonyl (C=O) groups excluding carboxylic acids is 1. The zero-order valence-electron chi connectivity index (χ0n) is 11.7. The highest BCUT2D eigenvalue weighted by molar-refractivity contribution is 7.17. The summed E-state index contributed by atoms with van der Waals surface area (Å²) in [6, 6.07) is 4.15. The number of nitrogens with zero attached hydrogens (tertiary/aromatic N) is 1. The molecule has 21 heavy (non-hydrogen) atoms. The third-order valence-corrected chi connectivity index (χ3v) is 4.94. The minimum absolute atomic E-state index is 0. The Labute approximate surface area is 138 Å². The number of amides is 1. The molecule has 3 rings (SSSR count). The Hall–Kier alpha value is -0.950. The molecule has 1 fully saturated rings. The molecule has 0 aromatic carbocycles. The summed E-state index contributed by atoms with van der Waals surface area (Å²) in [5.74, 6) is 0.769. The molecule has 2 heterocycles. The van der Waals surface area contributed by atoms with Crippen LogP contribution in [-0.4, -0.2) is 24.0 Å². The molecule has 1 aliphatic carbocycles. The van der Waals surface area contributed by atoms with Crippen molar-refractivity contribution in [1.82, 2.24) is 10.3 Å². The molecule has 114 valence electrons. The SMILES string of the molecule is Cc1ccc(-c2csc(NC(=O)CNCC3CC3)n2)s1.Cl. The van der Waals surface area contributed by atoms with Crippen LogP contribution in [-0.2, 0) is 4.79 Å². The minimum Gasteiger partial charge on any atom is -0.308 e. The molecule has 0 bridgehead atoms. The quantitative estimate of drug-likeness (QED) is 0.843. The van der Waals surface area contributed by atoms with E-state index in [2.05, 4.69) is 34.7 Å². The van der Waals surface area contributed by atoms with Gasteiger partial charge in [0.2, 0.25) is 5.91 Å². The second-order valence-electron chi connectivity index (χ2n) is 5.07. The van der Waals surface area contributed by atoms with Crippen LogP contribution in [0.1, 0.15) is 17.7 Å². The summed E-state index contributed by atoms with van der Waals surface area (Å²) in [5, 5.41) is 8.67. The van der Waals surface area contributed by atoms with Crippen molar-refractivity contribution in [2.24, 2.45) is 5.92 Å². The molecule has 0 saturated heterocycles. The first-order chi connectivity index (χ1) is 9.70. The van der Waals surface area contributed by atoms with E-state index < -0.39 is 0 Å². The number of thiophene rings is 1. The number of nitrogens with one attached hydrogen (secondary N) is 2. The van der Waals surface area contributed by atoms with Crippen LogP contribution in [0.25, 0.3) is 10.6 Å². The van der Waals surface area contributed by atoms with E-state index in [1.165, 1.54) is 29.1 Å². The van der Waals surface area contributed by atoms with Gasteiger partial charge in [0.25, 0.3) is 0 Å². The predicted octanol–water partition coefficient (Wildman–Crippen LogP) is 3.54. The van der Waals surface area contributed by atoms with E-state index in [9.17, 15) is 4.79 Å². The summed E-state index contributed by atoms with van der Waals surface area (Å²) in [6.07, 6.45) is 2.59. The molecule has 0 spiro atoms. The van der Waals surface area contributed by atoms with Crippen molar-refractivity contribution in [2.75, 3.05) is 18.4 Å². The zero-order valence-corrected chi connectivity index (χ0v) is 14.2. The molecule has 1 amide bonds. The molecule has 0 aliphatic heterocycles. The van der Waals surface area contributed by atoms with Gasteiger partial charge in [-0.1, -0.05) is 0 Å². The monoisotopic (exact) mass is 343 g/mol. The van der Waals surface area contributed by atoms with Gasteiger partial charge < -0.3 is 10.6 Å². The Balaban J connectivity index is 0.00000161. The van der Waals surface area contributed by atoms with E-state index in [1.54, 1.807) is 11.3 Å². The van der Waals surface area contributed by atoms with E-state index in [0.29, 0.717) is 11.7 Å². The Bertz CT molecular complexity index is 607. The maximum Gasteiger partial charge on any atom is 0.240 e. The van der Waals surface area contributed by atoms with Crippen molar-refractivity contribution >= 4 is 46.1 Å². The summed E-state index contributed by atoms with van der Waals surface area (Å²) in [4.78, 5) is 18.6. The normalized spacial score (nSPS) is 13.8. The number of hydrogen-bond acceptors (Lipinski definition) is 5. The number of anilines is 1. The lowest BCUT2D eigenvalue weighted by atomic mass is 10.4. The van der Waals surface area contributed by atoms with Crippen molar-refractivity contribution in [1.29, 1.82) is 0 Å². The third kappa shape index (κ3) is 4.78. The molecule has 2 aromatic rings. The summed E-state index contributed by atoms with van der Waals surface area (Å²) >= 11 is 3.19. The highest BCUT2D eigenvalue weighted by Gasteiger charge is 2.20. The molecule has 0 unspecified atom stereocenters. The molecule has 2 aromatic heterocycles. The van der Waals surface area contributed by atoms with Gasteiger partial charge in [-0.25, -0.2) is 4.98 Å². The van der Waals surface area contributed by atoms with Crippen molar-refractivity contribution in [3.63, 3.8) is 0 Å². The van der Waals surface area contributed by atoms with Crippen LogP contribution in [0.3, 0.4) is 0 Å². The highest BCUT2D eigenvalue weighted by Crippen LogP contribution is 2.30. The topological polar surface area (TPSA) is 54.0 Å². The van der Waals surface area contributed by atoms with Crippen molar-refractivity contribution < 1.29 is 4.79 Å². The van der Waals surface area contributed by atoms with Crippen LogP contribution in [0, 0.1) is 12.8 Å². The number of rotatable bonds is 6. The standard InChI is InChI=1S/C14H17N3OS2.ClH/c1-9-2-5-12(20-9)11-8-19-14(16-11)17-13(18)7-15-6-10-3-4-10;/h2,5,8,10,15H,3-4,6-7H2,1H3,(H,16,17,18);1H. The van der Waals surface area contributed by atoms with Gasteiger partial charge in [0.15, 0.2) is 5.13 Å². The second kappa shape index (κ2) is 7.35. The van der Waals surface area contributed by atoms with Crippen molar-refractivity contribution in [2.45, 2.75) is 19.8 Å². The van der Waals surface area contributed by atoms with Gasteiger partial charge in [0.1, 0.15) is 0 Å². The number of hydrogen-bond donors (Lipinski definition) is 2. The predicted molar refractivity (Wildman–Crippen MR) is 91.6 cm³/mol. The summed E-state index contributed by atoms with van der Waals surface area (Å²) in [7, 11) is 0. The van der Waals surface area contributed by atoms with Crippen LogP contribution < -0.4 is 10.6 Å². The molecule has 1 saturated carbocycles. The Morgan fingerprint density at radius 3 is 2.90 bits per heavy atom. The van der Waals surface area contributed by atoms with Gasteiger partial charge in [0, 0.05) is 10.3 Å². The lowest BCUT2D eigenvalue weighted by molar-refractivity contribution is -0.115. The van der Waals surface area contributed by atoms with Crippen molar-refractivity contribution in [3.8, 4) is 10.6 Å². The molecule has 4 nitrogen and oxygen atoms in total. The van der Waals surface area contributed by atoms with Crippen molar-refractivity contribution in [3.05, 3.63) is 22.4 Å². The fourth-order valence-corrected chi connectivity index (χ4v) is 3.52. The maximum atomic E-state index is 11.8. The molecule has 1 aliphatic rings. The molecule has 0 atom stereocenters. The van der Waals surface area contributed by atoms with Gasteiger partial charge in [0.05, 0.1) is 17.1 Å². The molecule has 2 N–H and O–H groups in total. The highest BCUT2D eigenvalue weighted by atomic mass is 35.5. The molecule has 7 heteroatoms. The number of aryl methyl sites for hydroxylation is 1. The summed E-state index contributed by atoms with van der Waals surface area (Å²) in [6.45, 7) is 3.39. The fraction of sp³-hybridized carbons (Fsp3) is 0.429. The second-order valence-corrected chi connectivity index (χ2v) is 7.22. The largest absolute Gasteiger partial charge is 0.308 e. The average Bonchev–Trinajstić information content (AvgIpc) is 2.94. The first kappa shape index (κ1) is 16.4. The van der Waals surface area contributed by atoms with E-state index in [-0.39, 0.29) is 18.3 Å². The number of carbonyl (C=O) groups is 1. The van der Waals surface area contributed by atoms with Gasteiger partial charge in [-0.15, -0.1) is 35.1 Å². The number of thiazole rings is 1. The van der Waals surface area contributed by atoms with Crippen LogP contribution in [0.4, 0.5) is 5.13 Å². The van der Waals surface area contributed by atoms with Gasteiger partial charge in [-0.05, 0) is 44.4 Å². The summed E-state index contributed by atoms with van der Waals surface area (Å²) < 4.78 is 0.